The van der Waals surface area contributed by atoms with Crippen molar-refractivity contribution in [2.75, 3.05) is 19.4 Å². The third kappa shape index (κ3) is 7.38. The van der Waals surface area contributed by atoms with Crippen LogP contribution in [0.4, 0.5) is 0 Å². The molecule has 28 heavy (non-hydrogen) atoms. The van der Waals surface area contributed by atoms with Gasteiger partial charge in [-0.2, -0.15) is 8.42 Å². The highest BCUT2D eigenvalue weighted by Crippen LogP contribution is 2.30. The van der Waals surface area contributed by atoms with E-state index in [-0.39, 0.29) is 0 Å². The normalized spacial score (nSPS) is 20.4. The van der Waals surface area contributed by atoms with Crippen molar-refractivity contribution in [2.45, 2.75) is 38.8 Å². The molecule has 5 heteroatoms. The molecule has 0 heterocycles. The Morgan fingerprint density at radius 3 is 1.75 bits per heavy atom. The van der Waals surface area contributed by atoms with Crippen LogP contribution in [-0.2, 0) is 27.4 Å². The lowest BCUT2D eigenvalue weighted by atomic mass is 9.82. The molecule has 0 N–H and O–H groups in total. The van der Waals surface area contributed by atoms with Gasteiger partial charge in [-0.3, -0.25) is 9.08 Å². The molecule has 3 rings (SSSR count). The summed E-state index contributed by atoms with van der Waals surface area (Å²) in [5.41, 5.74) is 2.68. The van der Waals surface area contributed by atoms with Gasteiger partial charge in [-0.25, -0.2) is 0 Å². The van der Waals surface area contributed by atoms with Gasteiger partial charge in [0.2, 0.25) is 0 Å². The molecule has 1 saturated carbocycles. The van der Waals surface area contributed by atoms with Gasteiger partial charge in [0.05, 0.1) is 12.9 Å². The lowest BCUT2D eigenvalue weighted by molar-refractivity contribution is 0.145. The van der Waals surface area contributed by atoms with Gasteiger partial charge in [-0.15, -0.1) is 0 Å². The number of hydrogen-bond acceptors (Lipinski definition) is 4. The topological polar surface area (TPSA) is 46.6 Å². The Balaban J connectivity index is 1.55. The van der Waals surface area contributed by atoms with Crippen molar-refractivity contribution in [3.8, 4) is 0 Å². The molecule has 1 aliphatic rings. The fraction of sp³-hybridized carbons (Fsp3) is 0.478. The van der Waals surface area contributed by atoms with Crippen LogP contribution in [0.1, 0.15) is 36.8 Å². The van der Waals surface area contributed by atoms with Crippen molar-refractivity contribution in [2.24, 2.45) is 11.8 Å². The molecular formula is C23H31NO3S. The van der Waals surface area contributed by atoms with Crippen LogP contribution < -0.4 is 0 Å². The predicted molar refractivity (Wildman–Crippen MR) is 113 cm³/mol. The van der Waals surface area contributed by atoms with E-state index in [2.05, 4.69) is 65.6 Å². The van der Waals surface area contributed by atoms with Gasteiger partial charge in [0.1, 0.15) is 0 Å². The highest BCUT2D eigenvalue weighted by Gasteiger charge is 2.24. The second-order valence-corrected chi connectivity index (χ2v) is 9.66. The zero-order valence-corrected chi connectivity index (χ0v) is 17.5. The van der Waals surface area contributed by atoms with Crippen LogP contribution in [0.2, 0.25) is 0 Å². The number of hydrogen-bond donors (Lipinski definition) is 0. The first-order valence-corrected chi connectivity index (χ1v) is 11.9. The van der Waals surface area contributed by atoms with Crippen molar-refractivity contribution in [3.05, 3.63) is 71.8 Å². The maximum absolute atomic E-state index is 11.2. The Bertz CT molecular complexity index is 759. The first-order chi connectivity index (χ1) is 13.5. The quantitative estimate of drug-likeness (QED) is 0.582. The zero-order chi connectivity index (χ0) is 19.8. The summed E-state index contributed by atoms with van der Waals surface area (Å²) in [4.78, 5) is 2.54. The largest absolute Gasteiger partial charge is 0.295 e. The summed E-state index contributed by atoms with van der Waals surface area (Å²) in [5.74, 6) is 1.02. The van der Waals surface area contributed by atoms with Gasteiger partial charge in [-0.1, -0.05) is 60.7 Å². The first kappa shape index (κ1) is 21.0. The summed E-state index contributed by atoms with van der Waals surface area (Å²) < 4.78 is 27.4. The average Bonchev–Trinajstić information content (AvgIpc) is 2.68. The Hall–Kier alpha value is -1.69. The van der Waals surface area contributed by atoms with Gasteiger partial charge in [0, 0.05) is 19.6 Å². The fourth-order valence-electron chi connectivity index (χ4n) is 4.03. The summed E-state index contributed by atoms with van der Waals surface area (Å²) >= 11 is 0. The highest BCUT2D eigenvalue weighted by atomic mass is 32.2. The molecule has 0 radical (unpaired) electrons. The monoisotopic (exact) mass is 401 g/mol. The third-order valence-electron chi connectivity index (χ3n) is 5.50. The van der Waals surface area contributed by atoms with Gasteiger partial charge in [0.15, 0.2) is 0 Å². The molecule has 1 fully saturated rings. The van der Waals surface area contributed by atoms with Crippen molar-refractivity contribution in [1.29, 1.82) is 0 Å². The molecule has 2 aromatic carbocycles. The van der Waals surface area contributed by atoms with Gasteiger partial charge >= 0.3 is 0 Å². The lowest BCUT2D eigenvalue weighted by Gasteiger charge is -2.32. The van der Waals surface area contributed by atoms with Crippen molar-refractivity contribution < 1.29 is 12.6 Å². The third-order valence-corrected chi connectivity index (χ3v) is 6.06. The molecule has 0 bridgehead atoms. The molecule has 0 aromatic heterocycles. The molecule has 0 unspecified atom stereocenters. The van der Waals surface area contributed by atoms with Crippen LogP contribution in [0.15, 0.2) is 60.7 Å². The molecule has 1 aliphatic carbocycles. The maximum Gasteiger partial charge on any atom is 0.264 e. The van der Waals surface area contributed by atoms with Crippen LogP contribution in [0.3, 0.4) is 0 Å². The minimum atomic E-state index is -3.33. The smallest absolute Gasteiger partial charge is 0.264 e. The standard InChI is InChI=1S/C23H31NO3S/c1-28(25,26)27-19-23-14-12-22(13-15-23)18-24(16-20-8-4-2-5-9-20)17-21-10-6-3-7-11-21/h2-11,22-23H,12-19H2,1H3. The predicted octanol–water partition coefficient (Wildman–Crippen LogP) is 4.47. The van der Waals surface area contributed by atoms with E-state index in [1.165, 1.54) is 11.1 Å². The second-order valence-electron chi connectivity index (χ2n) is 8.02. The molecule has 0 atom stereocenters. The average molecular weight is 402 g/mol. The van der Waals surface area contributed by atoms with Crippen molar-refractivity contribution in [3.63, 3.8) is 0 Å². The molecule has 4 nitrogen and oxygen atoms in total. The minimum Gasteiger partial charge on any atom is -0.295 e. The van der Waals surface area contributed by atoms with Crippen LogP contribution >= 0.6 is 0 Å². The van der Waals surface area contributed by atoms with E-state index >= 15 is 0 Å². The summed E-state index contributed by atoms with van der Waals surface area (Å²) in [5, 5.41) is 0. The van der Waals surface area contributed by atoms with E-state index in [9.17, 15) is 8.42 Å². The van der Waals surface area contributed by atoms with E-state index in [1.54, 1.807) is 0 Å². The fourth-order valence-corrected chi connectivity index (χ4v) is 4.47. The molecule has 0 saturated heterocycles. The molecule has 152 valence electrons. The van der Waals surface area contributed by atoms with E-state index in [0.29, 0.717) is 18.4 Å². The molecular weight excluding hydrogens is 370 g/mol. The highest BCUT2D eigenvalue weighted by molar-refractivity contribution is 7.85. The Morgan fingerprint density at radius 1 is 0.821 bits per heavy atom. The van der Waals surface area contributed by atoms with Crippen LogP contribution in [0, 0.1) is 11.8 Å². The van der Waals surface area contributed by atoms with Gasteiger partial charge in [0.25, 0.3) is 10.1 Å². The number of benzene rings is 2. The lowest BCUT2D eigenvalue weighted by Crippen LogP contribution is -2.31. The molecule has 0 amide bonds. The molecule has 0 spiro atoms. The molecule has 0 aliphatic heterocycles. The second kappa shape index (κ2) is 10.2. The van der Waals surface area contributed by atoms with E-state index in [0.717, 1.165) is 51.6 Å². The summed E-state index contributed by atoms with van der Waals surface area (Å²) in [6, 6.07) is 21.3. The van der Waals surface area contributed by atoms with Gasteiger partial charge in [-0.05, 0) is 48.6 Å². The van der Waals surface area contributed by atoms with Gasteiger partial charge < -0.3 is 0 Å². The van der Waals surface area contributed by atoms with Crippen molar-refractivity contribution >= 4 is 10.1 Å². The first-order valence-electron chi connectivity index (χ1n) is 10.1. The minimum absolute atomic E-state index is 0.337. The zero-order valence-electron chi connectivity index (χ0n) is 16.7. The van der Waals surface area contributed by atoms with E-state index in [4.69, 9.17) is 4.18 Å². The summed E-state index contributed by atoms with van der Waals surface area (Å²) in [6.07, 6.45) is 5.49. The maximum atomic E-state index is 11.2. The number of nitrogens with zero attached hydrogens (tertiary/aromatic N) is 1. The van der Waals surface area contributed by atoms with Crippen LogP contribution in [0.25, 0.3) is 0 Å². The van der Waals surface area contributed by atoms with Crippen LogP contribution in [-0.4, -0.2) is 32.7 Å². The Labute approximate surface area is 169 Å². The Morgan fingerprint density at radius 2 is 1.29 bits per heavy atom. The van der Waals surface area contributed by atoms with Crippen molar-refractivity contribution in [1.82, 2.24) is 4.90 Å². The summed E-state index contributed by atoms with van der Waals surface area (Å²) in [6.45, 7) is 3.31. The SMILES string of the molecule is CS(=O)(=O)OCC1CCC(CN(Cc2ccccc2)Cc2ccccc2)CC1. The van der Waals surface area contributed by atoms with E-state index < -0.39 is 10.1 Å². The molecule has 2 aromatic rings. The number of rotatable bonds is 9. The summed E-state index contributed by atoms with van der Waals surface area (Å²) in [7, 11) is -3.33. The Kier molecular flexibility index (Phi) is 7.65. The van der Waals surface area contributed by atoms with Crippen LogP contribution in [0.5, 0.6) is 0 Å². The van der Waals surface area contributed by atoms with E-state index in [1.807, 2.05) is 0 Å².